The second kappa shape index (κ2) is 11.3. The van der Waals surface area contributed by atoms with E-state index >= 15 is 0 Å². The first-order chi connectivity index (χ1) is 19.3. The van der Waals surface area contributed by atoms with E-state index in [1.54, 1.807) is 57.7 Å². The summed E-state index contributed by atoms with van der Waals surface area (Å²) in [6.07, 6.45) is 0.615. The first-order valence-corrected chi connectivity index (χ1v) is 13.5. The van der Waals surface area contributed by atoms with Crippen LogP contribution in [0.15, 0.2) is 58.7 Å². The van der Waals surface area contributed by atoms with Crippen LogP contribution in [0, 0.1) is 19.7 Å². The maximum atomic E-state index is 14.4. The normalized spacial score (nSPS) is 11.1. The molecule has 0 unspecified atom stereocenters. The lowest BCUT2D eigenvalue weighted by Gasteiger charge is -2.10. The number of amides is 1. The van der Waals surface area contributed by atoms with Gasteiger partial charge in [-0.25, -0.2) is 14.1 Å². The number of rotatable bonds is 9. The third-order valence-corrected chi connectivity index (χ3v) is 7.45. The van der Waals surface area contributed by atoms with Gasteiger partial charge in [0.15, 0.2) is 16.5 Å². The standard InChI is InChI=1S/C29H28FN5O4S/c1-17-13-22(33-35(17)23-8-6-5-7-21(23)30)27-18(2)32-29-34(28(27)37)20(16-40-29)15-26(36)31-12-11-19-9-10-24(38-3)25(14-19)39-4/h5-10,13-14,16H,11-12,15H2,1-4H3,(H,31,36). The van der Waals surface area contributed by atoms with E-state index in [1.165, 1.54) is 26.5 Å². The highest BCUT2D eigenvalue weighted by Gasteiger charge is 2.20. The second-order valence-corrected chi connectivity index (χ2v) is 10.1. The van der Waals surface area contributed by atoms with Gasteiger partial charge in [0.1, 0.15) is 17.2 Å². The Bertz CT molecular complexity index is 1770. The van der Waals surface area contributed by atoms with Crippen molar-refractivity contribution in [2.24, 2.45) is 0 Å². The smallest absolute Gasteiger partial charge is 0.268 e. The number of methoxy groups -OCH3 is 2. The zero-order valence-corrected chi connectivity index (χ0v) is 23.3. The zero-order valence-electron chi connectivity index (χ0n) is 22.5. The lowest BCUT2D eigenvalue weighted by atomic mass is 10.1. The van der Waals surface area contributed by atoms with Gasteiger partial charge in [0.2, 0.25) is 5.91 Å². The number of aryl methyl sites for hydroxylation is 2. The summed E-state index contributed by atoms with van der Waals surface area (Å²) in [6, 6.07) is 13.7. The lowest BCUT2D eigenvalue weighted by molar-refractivity contribution is -0.120. The van der Waals surface area contributed by atoms with Gasteiger partial charge in [-0.1, -0.05) is 18.2 Å². The number of nitrogens with one attached hydrogen (secondary N) is 1. The van der Waals surface area contributed by atoms with Crippen LogP contribution < -0.4 is 20.3 Å². The largest absolute Gasteiger partial charge is 0.493 e. The first kappa shape index (κ1) is 27.1. The van der Waals surface area contributed by atoms with Crippen LogP contribution in [0.3, 0.4) is 0 Å². The van der Waals surface area contributed by atoms with Gasteiger partial charge in [0.25, 0.3) is 5.56 Å². The predicted octanol–water partition coefficient (Wildman–Crippen LogP) is 4.28. The Morgan fingerprint density at radius 2 is 1.85 bits per heavy atom. The van der Waals surface area contributed by atoms with Crippen molar-refractivity contribution >= 4 is 22.2 Å². The molecule has 0 bridgehead atoms. The number of carbonyl (C=O) groups excluding carboxylic acids is 1. The molecule has 0 fully saturated rings. The lowest BCUT2D eigenvalue weighted by Crippen LogP contribution is -2.29. The quantitative estimate of drug-likeness (QED) is 0.288. The Morgan fingerprint density at radius 3 is 2.60 bits per heavy atom. The Balaban J connectivity index is 1.36. The maximum Gasteiger partial charge on any atom is 0.268 e. The van der Waals surface area contributed by atoms with Crippen LogP contribution in [0.4, 0.5) is 4.39 Å². The summed E-state index contributed by atoms with van der Waals surface area (Å²) in [6.45, 7) is 3.96. The van der Waals surface area contributed by atoms with Crippen molar-refractivity contribution in [2.75, 3.05) is 20.8 Å². The molecule has 0 saturated heterocycles. The molecule has 2 aromatic carbocycles. The van der Waals surface area contributed by atoms with E-state index in [0.29, 0.717) is 63.5 Å². The number of aromatic nitrogens is 4. The van der Waals surface area contributed by atoms with Gasteiger partial charge >= 0.3 is 0 Å². The van der Waals surface area contributed by atoms with Crippen LogP contribution in [0.1, 0.15) is 22.6 Å². The topological polar surface area (TPSA) is 99.7 Å². The fourth-order valence-electron chi connectivity index (χ4n) is 4.60. The Labute approximate surface area is 233 Å². The van der Waals surface area contributed by atoms with E-state index in [-0.39, 0.29) is 17.9 Å². The summed E-state index contributed by atoms with van der Waals surface area (Å²) in [5, 5.41) is 9.22. The molecule has 11 heteroatoms. The van der Waals surface area contributed by atoms with Crippen LogP contribution in [0.5, 0.6) is 11.5 Å². The van der Waals surface area contributed by atoms with E-state index in [4.69, 9.17) is 9.47 Å². The van der Waals surface area contributed by atoms with Gasteiger partial charge in [-0.15, -0.1) is 11.3 Å². The molecule has 0 saturated carbocycles. The SMILES string of the molecule is COc1ccc(CCNC(=O)Cc2csc3nc(C)c(-c4cc(C)n(-c5ccccc5F)n4)c(=O)n23)cc1OC. The monoisotopic (exact) mass is 561 g/mol. The minimum atomic E-state index is -0.417. The predicted molar refractivity (Wildman–Crippen MR) is 151 cm³/mol. The van der Waals surface area contributed by atoms with Crippen LogP contribution in [-0.4, -0.2) is 45.8 Å². The highest BCUT2D eigenvalue weighted by molar-refractivity contribution is 7.15. The van der Waals surface area contributed by atoms with E-state index in [0.717, 1.165) is 5.56 Å². The average Bonchev–Trinajstić information content (AvgIpc) is 3.51. The summed E-state index contributed by atoms with van der Waals surface area (Å²) in [5.41, 5.74) is 3.37. The molecule has 0 aliphatic carbocycles. The summed E-state index contributed by atoms with van der Waals surface area (Å²) >= 11 is 1.29. The molecule has 1 N–H and O–H groups in total. The minimum absolute atomic E-state index is 0.0126. The number of hydrogen-bond donors (Lipinski definition) is 1. The number of halogens is 1. The van der Waals surface area contributed by atoms with Crippen molar-refractivity contribution in [3.8, 4) is 28.4 Å². The van der Waals surface area contributed by atoms with Gasteiger partial charge in [0, 0.05) is 23.3 Å². The molecule has 40 heavy (non-hydrogen) atoms. The fraction of sp³-hybridized carbons (Fsp3) is 0.241. The van der Waals surface area contributed by atoms with Crippen LogP contribution in [0.25, 0.3) is 21.9 Å². The number of carbonyl (C=O) groups is 1. The van der Waals surface area contributed by atoms with E-state index in [1.807, 2.05) is 18.2 Å². The van der Waals surface area contributed by atoms with Gasteiger partial charge in [-0.3, -0.25) is 14.0 Å². The number of ether oxygens (including phenoxy) is 2. The average molecular weight is 562 g/mol. The molecule has 0 aliphatic rings. The van der Waals surface area contributed by atoms with Crippen LogP contribution in [0.2, 0.25) is 0 Å². The molecule has 9 nitrogen and oxygen atoms in total. The highest BCUT2D eigenvalue weighted by Crippen LogP contribution is 2.28. The zero-order chi connectivity index (χ0) is 28.4. The van der Waals surface area contributed by atoms with Gasteiger partial charge in [-0.2, -0.15) is 5.10 Å². The first-order valence-electron chi connectivity index (χ1n) is 12.6. The van der Waals surface area contributed by atoms with E-state index < -0.39 is 5.82 Å². The summed E-state index contributed by atoms with van der Waals surface area (Å²) in [7, 11) is 3.16. The number of nitrogens with zero attached hydrogens (tertiary/aromatic N) is 4. The maximum absolute atomic E-state index is 14.4. The molecular formula is C29H28FN5O4S. The third kappa shape index (κ3) is 5.20. The van der Waals surface area contributed by atoms with Gasteiger partial charge in [0.05, 0.1) is 31.9 Å². The Hall–Kier alpha value is -4.51. The number of thiazole rings is 1. The Morgan fingerprint density at radius 1 is 1.07 bits per heavy atom. The van der Waals surface area contributed by atoms with Crippen molar-refractivity contribution in [1.82, 2.24) is 24.5 Å². The molecule has 0 atom stereocenters. The number of hydrogen-bond acceptors (Lipinski definition) is 7. The van der Waals surface area contributed by atoms with E-state index in [9.17, 15) is 14.0 Å². The summed E-state index contributed by atoms with van der Waals surface area (Å²) in [5.74, 6) is 0.638. The van der Waals surface area contributed by atoms with Crippen molar-refractivity contribution in [1.29, 1.82) is 0 Å². The number of benzene rings is 2. The Kier molecular flexibility index (Phi) is 7.65. The molecule has 0 aliphatic heterocycles. The molecule has 3 aromatic heterocycles. The van der Waals surface area contributed by atoms with E-state index in [2.05, 4.69) is 15.4 Å². The molecule has 1 amide bonds. The minimum Gasteiger partial charge on any atom is -0.493 e. The van der Waals surface area contributed by atoms with Crippen LogP contribution >= 0.6 is 11.3 Å². The van der Waals surface area contributed by atoms with Crippen molar-refractivity contribution < 1.29 is 18.7 Å². The molecular weight excluding hydrogens is 533 g/mol. The molecule has 3 heterocycles. The molecule has 0 spiro atoms. The number of fused-ring (bicyclic) bond motifs is 1. The fourth-order valence-corrected chi connectivity index (χ4v) is 5.52. The van der Waals surface area contributed by atoms with Crippen LogP contribution in [-0.2, 0) is 17.6 Å². The van der Waals surface area contributed by atoms with Crippen molar-refractivity contribution in [3.05, 3.63) is 92.7 Å². The molecule has 5 aromatic rings. The third-order valence-electron chi connectivity index (χ3n) is 6.57. The molecule has 0 radical (unpaired) electrons. The molecule has 206 valence electrons. The summed E-state index contributed by atoms with van der Waals surface area (Å²) < 4.78 is 28.0. The van der Waals surface area contributed by atoms with Gasteiger partial charge in [-0.05, 0) is 56.2 Å². The number of para-hydroxylation sites is 1. The van der Waals surface area contributed by atoms with Crippen molar-refractivity contribution in [3.63, 3.8) is 0 Å². The van der Waals surface area contributed by atoms with Gasteiger partial charge < -0.3 is 14.8 Å². The molecule has 5 rings (SSSR count). The van der Waals surface area contributed by atoms with Crippen molar-refractivity contribution in [2.45, 2.75) is 26.7 Å². The summed E-state index contributed by atoms with van der Waals surface area (Å²) in [4.78, 5) is 31.6. The second-order valence-electron chi connectivity index (χ2n) is 9.22. The highest BCUT2D eigenvalue weighted by atomic mass is 32.1.